The van der Waals surface area contributed by atoms with E-state index in [1.807, 2.05) is 6.92 Å². The first-order chi connectivity index (χ1) is 9.15. The number of rotatable bonds is 8. The minimum absolute atomic E-state index is 0.0273. The van der Waals surface area contributed by atoms with Crippen LogP contribution in [0, 0.1) is 0 Å². The Morgan fingerprint density at radius 3 is 2.68 bits per heavy atom. The van der Waals surface area contributed by atoms with Gasteiger partial charge in [-0.1, -0.05) is 38.3 Å². The Morgan fingerprint density at radius 1 is 1.26 bits per heavy atom. The molecule has 3 heteroatoms. The number of carbonyl (C=O) groups is 1. The second-order valence-electron chi connectivity index (χ2n) is 4.70. The molecule has 0 amide bonds. The lowest BCUT2D eigenvalue weighted by Gasteiger charge is -2.06. The lowest BCUT2D eigenvalue weighted by atomic mass is 10.1. The molecule has 0 bridgehead atoms. The average molecular weight is 261 g/mol. The summed E-state index contributed by atoms with van der Waals surface area (Å²) in [5.74, 6) is -0.142. The molecule has 0 aromatic heterocycles. The van der Waals surface area contributed by atoms with Crippen molar-refractivity contribution in [3.8, 4) is 5.75 Å². The van der Waals surface area contributed by atoms with Crippen LogP contribution in [0.2, 0.25) is 0 Å². The van der Waals surface area contributed by atoms with E-state index in [0.717, 1.165) is 18.7 Å². The number of hydrogen-bond acceptors (Lipinski definition) is 3. The van der Waals surface area contributed by atoms with E-state index in [4.69, 9.17) is 0 Å². The zero-order valence-electron chi connectivity index (χ0n) is 11.8. The molecule has 0 atom stereocenters. The second-order valence-corrected chi connectivity index (χ2v) is 4.70. The second kappa shape index (κ2) is 8.35. The van der Waals surface area contributed by atoms with E-state index in [-0.39, 0.29) is 11.5 Å². The van der Waals surface area contributed by atoms with Crippen LogP contribution in [0.15, 0.2) is 36.0 Å². The summed E-state index contributed by atoms with van der Waals surface area (Å²) in [5, 5.41) is 12.8. The van der Waals surface area contributed by atoms with Crippen LogP contribution < -0.4 is 5.32 Å². The Balaban J connectivity index is 2.45. The summed E-state index contributed by atoms with van der Waals surface area (Å²) in [6.07, 6.45) is 6.34. The van der Waals surface area contributed by atoms with Crippen LogP contribution in [0.4, 0.5) is 0 Å². The molecule has 0 aliphatic rings. The van der Waals surface area contributed by atoms with Gasteiger partial charge in [-0.3, -0.25) is 4.79 Å². The molecule has 0 spiro atoms. The lowest BCUT2D eigenvalue weighted by Crippen LogP contribution is -2.14. The summed E-state index contributed by atoms with van der Waals surface area (Å²) in [4.78, 5) is 11.9. The van der Waals surface area contributed by atoms with Gasteiger partial charge in [0.2, 0.25) is 0 Å². The van der Waals surface area contributed by atoms with Gasteiger partial charge in [-0.2, -0.15) is 0 Å². The van der Waals surface area contributed by atoms with Crippen LogP contribution >= 0.6 is 0 Å². The minimum atomic E-state index is -0.170. The molecule has 2 N–H and O–H groups in total. The van der Waals surface area contributed by atoms with Gasteiger partial charge in [0.25, 0.3) is 0 Å². The number of para-hydroxylation sites is 1. The zero-order chi connectivity index (χ0) is 14.1. The third-order valence-electron chi connectivity index (χ3n) is 2.95. The highest BCUT2D eigenvalue weighted by Gasteiger charge is 2.07. The highest BCUT2D eigenvalue weighted by molar-refractivity contribution is 6.06. The van der Waals surface area contributed by atoms with Crippen LogP contribution in [-0.2, 0) is 0 Å². The van der Waals surface area contributed by atoms with Crippen molar-refractivity contribution in [3.63, 3.8) is 0 Å². The molecule has 0 fully saturated rings. The van der Waals surface area contributed by atoms with Crippen molar-refractivity contribution < 1.29 is 9.90 Å². The van der Waals surface area contributed by atoms with Crippen LogP contribution in [0.3, 0.4) is 0 Å². The van der Waals surface area contributed by atoms with Gasteiger partial charge >= 0.3 is 0 Å². The largest absolute Gasteiger partial charge is 0.507 e. The third kappa shape index (κ3) is 5.60. The Hall–Kier alpha value is -1.77. The fraction of sp³-hybridized carbons (Fsp3) is 0.438. The lowest BCUT2D eigenvalue weighted by molar-refractivity contribution is 0.104. The summed E-state index contributed by atoms with van der Waals surface area (Å²) >= 11 is 0. The van der Waals surface area contributed by atoms with Gasteiger partial charge in [-0.15, -0.1) is 0 Å². The maximum absolute atomic E-state index is 11.9. The predicted octanol–water partition coefficient (Wildman–Crippen LogP) is 3.65. The van der Waals surface area contributed by atoms with Gasteiger partial charge < -0.3 is 10.4 Å². The predicted molar refractivity (Wildman–Crippen MR) is 78.3 cm³/mol. The maximum atomic E-state index is 11.9. The van der Waals surface area contributed by atoms with Crippen molar-refractivity contribution in [2.45, 2.75) is 39.5 Å². The summed E-state index contributed by atoms with van der Waals surface area (Å²) in [5.41, 5.74) is 1.18. The van der Waals surface area contributed by atoms with Gasteiger partial charge in [0.15, 0.2) is 5.78 Å². The molecule has 0 aliphatic heterocycles. The Kier molecular flexibility index (Phi) is 6.72. The first kappa shape index (κ1) is 15.3. The Labute approximate surface area is 115 Å². The number of nitrogens with one attached hydrogen (secondary N) is 1. The number of benzene rings is 1. The van der Waals surface area contributed by atoms with E-state index in [1.165, 1.54) is 31.4 Å². The maximum Gasteiger partial charge on any atom is 0.191 e. The molecule has 104 valence electrons. The molecule has 0 aliphatic carbocycles. The normalized spacial score (nSPS) is 11.4. The molecule has 3 nitrogen and oxygen atoms in total. The standard InChI is InChI=1S/C16H23NO2/c1-3-4-5-8-11-17-13(2)12-16(19)14-9-6-7-10-15(14)18/h6-7,9-10,12,17-18H,3-5,8,11H2,1-2H3/b13-12+. The molecule has 0 saturated heterocycles. The van der Waals surface area contributed by atoms with E-state index in [9.17, 15) is 9.90 Å². The Morgan fingerprint density at radius 2 is 2.00 bits per heavy atom. The highest BCUT2D eigenvalue weighted by Crippen LogP contribution is 2.16. The number of phenols is 1. The smallest absolute Gasteiger partial charge is 0.191 e. The molecule has 1 aromatic carbocycles. The van der Waals surface area contributed by atoms with Crippen molar-refractivity contribution in [2.75, 3.05) is 6.54 Å². The number of phenolic OH excluding ortho intramolecular Hbond substituents is 1. The van der Waals surface area contributed by atoms with Crippen LogP contribution in [0.1, 0.15) is 49.9 Å². The van der Waals surface area contributed by atoms with Crippen molar-refractivity contribution in [1.29, 1.82) is 0 Å². The summed E-state index contributed by atoms with van der Waals surface area (Å²) in [6.45, 7) is 4.94. The molecule has 1 rings (SSSR count). The molecule has 0 saturated carbocycles. The van der Waals surface area contributed by atoms with Gasteiger partial charge in [-0.25, -0.2) is 0 Å². The fourth-order valence-corrected chi connectivity index (χ4v) is 1.84. The van der Waals surface area contributed by atoms with E-state index in [0.29, 0.717) is 5.56 Å². The van der Waals surface area contributed by atoms with Crippen molar-refractivity contribution in [1.82, 2.24) is 5.32 Å². The summed E-state index contributed by atoms with van der Waals surface area (Å²) in [7, 11) is 0. The van der Waals surface area contributed by atoms with Crippen molar-refractivity contribution in [3.05, 3.63) is 41.6 Å². The van der Waals surface area contributed by atoms with E-state index < -0.39 is 0 Å². The monoisotopic (exact) mass is 261 g/mol. The molecular formula is C16H23NO2. The van der Waals surface area contributed by atoms with Gasteiger partial charge in [0.1, 0.15) is 5.75 Å². The molecule has 0 heterocycles. The summed E-state index contributed by atoms with van der Waals surface area (Å²) in [6, 6.07) is 6.60. The molecule has 0 unspecified atom stereocenters. The van der Waals surface area contributed by atoms with E-state index in [2.05, 4.69) is 12.2 Å². The van der Waals surface area contributed by atoms with Gasteiger partial charge in [0.05, 0.1) is 5.56 Å². The first-order valence-corrected chi connectivity index (χ1v) is 6.89. The number of ketones is 1. The summed E-state index contributed by atoms with van der Waals surface area (Å²) < 4.78 is 0. The quantitative estimate of drug-likeness (QED) is 0.426. The van der Waals surface area contributed by atoms with Gasteiger partial charge in [0, 0.05) is 18.3 Å². The molecule has 0 radical (unpaired) electrons. The Bertz CT molecular complexity index is 438. The zero-order valence-corrected chi connectivity index (χ0v) is 11.8. The number of allylic oxidation sites excluding steroid dienone is 2. The molecule has 1 aromatic rings. The van der Waals surface area contributed by atoms with Crippen molar-refractivity contribution in [2.24, 2.45) is 0 Å². The average Bonchev–Trinajstić information content (AvgIpc) is 2.39. The van der Waals surface area contributed by atoms with E-state index >= 15 is 0 Å². The number of aromatic hydroxyl groups is 1. The van der Waals surface area contributed by atoms with E-state index in [1.54, 1.807) is 18.2 Å². The highest BCUT2D eigenvalue weighted by atomic mass is 16.3. The minimum Gasteiger partial charge on any atom is -0.507 e. The van der Waals surface area contributed by atoms with Gasteiger partial charge in [-0.05, 0) is 25.5 Å². The molecule has 19 heavy (non-hydrogen) atoms. The topological polar surface area (TPSA) is 49.3 Å². The first-order valence-electron chi connectivity index (χ1n) is 6.89. The third-order valence-corrected chi connectivity index (χ3v) is 2.95. The van der Waals surface area contributed by atoms with Crippen LogP contribution in [0.25, 0.3) is 0 Å². The molecular weight excluding hydrogens is 238 g/mol. The fourth-order valence-electron chi connectivity index (χ4n) is 1.84. The number of hydrogen-bond donors (Lipinski definition) is 2. The SMILES string of the molecule is CCCCCCN/C(C)=C/C(=O)c1ccccc1O. The van der Waals surface area contributed by atoms with Crippen LogP contribution in [-0.4, -0.2) is 17.4 Å². The van der Waals surface area contributed by atoms with Crippen molar-refractivity contribution >= 4 is 5.78 Å². The van der Waals surface area contributed by atoms with Crippen LogP contribution in [0.5, 0.6) is 5.75 Å². The number of carbonyl (C=O) groups excluding carboxylic acids is 1. The number of unbranched alkanes of at least 4 members (excludes halogenated alkanes) is 3.